The zero-order chi connectivity index (χ0) is 22.8. The number of methoxy groups -OCH3 is 2. The molecule has 1 N–H and O–H groups in total. The van der Waals surface area contributed by atoms with Crippen LogP contribution in [0.2, 0.25) is 5.02 Å². The Hall–Kier alpha value is -3.19. The molecule has 2 aromatic carbocycles. The van der Waals surface area contributed by atoms with Crippen molar-refractivity contribution in [2.24, 2.45) is 7.05 Å². The monoisotopic (exact) mass is 455 g/mol. The number of fused-ring (bicyclic) bond motifs is 1. The van der Waals surface area contributed by atoms with E-state index in [-0.39, 0.29) is 5.91 Å². The number of carbonyl (C=O) groups is 2. The fourth-order valence-electron chi connectivity index (χ4n) is 4.21. The number of amides is 2. The molecule has 2 amide bonds. The highest BCUT2D eigenvalue weighted by Gasteiger charge is 2.26. The minimum atomic E-state index is -0.409. The summed E-state index contributed by atoms with van der Waals surface area (Å²) < 4.78 is 12.6. The summed E-state index contributed by atoms with van der Waals surface area (Å²) in [6.45, 7) is 1.38. The first-order valence-electron chi connectivity index (χ1n) is 10.6. The first-order chi connectivity index (χ1) is 15.5. The Labute approximate surface area is 191 Å². The van der Waals surface area contributed by atoms with Crippen LogP contribution < -0.4 is 14.8 Å². The van der Waals surface area contributed by atoms with Crippen molar-refractivity contribution in [1.29, 1.82) is 0 Å². The number of carbonyl (C=O) groups excluding carboxylic acids is 2. The zero-order valence-electron chi connectivity index (χ0n) is 18.4. The van der Waals surface area contributed by atoms with Crippen LogP contribution in [0.5, 0.6) is 11.5 Å². The van der Waals surface area contributed by atoms with Crippen LogP contribution in [-0.4, -0.2) is 48.6 Å². The van der Waals surface area contributed by atoms with Crippen molar-refractivity contribution in [2.75, 3.05) is 32.6 Å². The molecule has 1 aromatic heterocycles. The van der Waals surface area contributed by atoms with Gasteiger partial charge in [0, 0.05) is 37.1 Å². The molecule has 3 aromatic rings. The molecule has 8 heteroatoms. The lowest BCUT2D eigenvalue weighted by Crippen LogP contribution is -2.36. The molecule has 1 aliphatic rings. The van der Waals surface area contributed by atoms with E-state index in [0.29, 0.717) is 46.6 Å². The number of para-hydroxylation sites is 1. The maximum Gasteiger partial charge on any atom is 0.273 e. The van der Waals surface area contributed by atoms with E-state index in [4.69, 9.17) is 21.1 Å². The molecule has 0 unspecified atom stereocenters. The van der Waals surface area contributed by atoms with Gasteiger partial charge in [0.1, 0.15) is 5.69 Å². The van der Waals surface area contributed by atoms with Gasteiger partial charge in [0.05, 0.1) is 30.5 Å². The van der Waals surface area contributed by atoms with Gasteiger partial charge in [-0.2, -0.15) is 0 Å². The molecule has 32 heavy (non-hydrogen) atoms. The van der Waals surface area contributed by atoms with Gasteiger partial charge in [0.25, 0.3) is 11.8 Å². The second-order valence-electron chi connectivity index (χ2n) is 7.80. The number of ether oxygens (including phenoxy) is 2. The van der Waals surface area contributed by atoms with E-state index in [1.54, 1.807) is 23.7 Å². The van der Waals surface area contributed by atoms with Crippen molar-refractivity contribution in [3.05, 3.63) is 52.7 Å². The van der Waals surface area contributed by atoms with Gasteiger partial charge in [-0.3, -0.25) is 9.59 Å². The Morgan fingerprint density at radius 2 is 1.66 bits per heavy atom. The third-order valence-corrected chi connectivity index (χ3v) is 6.29. The second kappa shape index (κ2) is 9.12. The average molecular weight is 456 g/mol. The van der Waals surface area contributed by atoms with Crippen LogP contribution in [-0.2, 0) is 7.05 Å². The van der Waals surface area contributed by atoms with E-state index in [1.807, 2.05) is 29.2 Å². The molecule has 4 rings (SSSR count). The first-order valence-corrected chi connectivity index (χ1v) is 10.9. The van der Waals surface area contributed by atoms with Crippen molar-refractivity contribution in [2.45, 2.75) is 19.3 Å². The molecule has 2 heterocycles. The number of aryl methyl sites for hydroxylation is 1. The van der Waals surface area contributed by atoms with E-state index < -0.39 is 5.91 Å². The van der Waals surface area contributed by atoms with Gasteiger partial charge in [0.15, 0.2) is 11.5 Å². The summed E-state index contributed by atoms with van der Waals surface area (Å²) in [7, 11) is 4.81. The van der Waals surface area contributed by atoms with Gasteiger partial charge in [-0.25, -0.2) is 0 Å². The van der Waals surface area contributed by atoms with Crippen molar-refractivity contribution >= 4 is 40.0 Å². The van der Waals surface area contributed by atoms with Gasteiger partial charge < -0.3 is 24.3 Å². The number of likely N-dealkylation sites (tertiary alicyclic amines) is 1. The van der Waals surface area contributed by atoms with Crippen LogP contribution in [0.4, 0.5) is 5.69 Å². The molecule has 168 valence electrons. The Bertz CT molecular complexity index is 1140. The molecular weight excluding hydrogens is 430 g/mol. The number of piperidine rings is 1. The van der Waals surface area contributed by atoms with Crippen LogP contribution in [0, 0.1) is 0 Å². The highest BCUT2D eigenvalue weighted by Crippen LogP contribution is 2.36. The molecule has 0 aliphatic carbocycles. The van der Waals surface area contributed by atoms with Crippen molar-refractivity contribution in [3.63, 3.8) is 0 Å². The van der Waals surface area contributed by atoms with E-state index in [9.17, 15) is 9.59 Å². The molecule has 0 bridgehead atoms. The van der Waals surface area contributed by atoms with Crippen LogP contribution in [0.1, 0.15) is 40.1 Å². The summed E-state index contributed by atoms with van der Waals surface area (Å²) >= 11 is 6.55. The van der Waals surface area contributed by atoms with Gasteiger partial charge in [-0.1, -0.05) is 29.8 Å². The van der Waals surface area contributed by atoms with Gasteiger partial charge in [-0.15, -0.1) is 0 Å². The van der Waals surface area contributed by atoms with Crippen molar-refractivity contribution < 1.29 is 19.1 Å². The van der Waals surface area contributed by atoms with E-state index in [0.717, 1.165) is 30.2 Å². The number of nitrogens with zero attached hydrogens (tertiary/aromatic N) is 2. The zero-order valence-corrected chi connectivity index (χ0v) is 19.2. The Balaban J connectivity index is 1.75. The van der Waals surface area contributed by atoms with E-state index >= 15 is 0 Å². The minimum absolute atomic E-state index is 0.149. The molecule has 1 fully saturated rings. The Morgan fingerprint density at radius 3 is 2.31 bits per heavy atom. The number of benzene rings is 2. The van der Waals surface area contributed by atoms with Crippen molar-refractivity contribution in [3.8, 4) is 11.5 Å². The van der Waals surface area contributed by atoms with Crippen LogP contribution in [0.15, 0.2) is 36.4 Å². The second-order valence-corrected chi connectivity index (χ2v) is 8.18. The third-order valence-electron chi connectivity index (χ3n) is 5.91. The number of aromatic nitrogens is 1. The Kier molecular flexibility index (Phi) is 6.28. The normalized spacial score (nSPS) is 13.8. The predicted molar refractivity (Wildman–Crippen MR) is 125 cm³/mol. The molecule has 0 spiro atoms. The fourth-order valence-corrected chi connectivity index (χ4v) is 4.58. The predicted octanol–water partition coefficient (Wildman–Crippen LogP) is 4.73. The van der Waals surface area contributed by atoms with E-state index in [1.165, 1.54) is 14.2 Å². The van der Waals surface area contributed by atoms with Gasteiger partial charge in [0.2, 0.25) is 0 Å². The third kappa shape index (κ3) is 3.88. The highest BCUT2D eigenvalue weighted by molar-refractivity contribution is 6.39. The summed E-state index contributed by atoms with van der Waals surface area (Å²) in [4.78, 5) is 28.5. The largest absolute Gasteiger partial charge is 0.493 e. The highest BCUT2D eigenvalue weighted by atomic mass is 35.5. The number of halogens is 1. The van der Waals surface area contributed by atoms with Crippen LogP contribution >= 0.6 is 11.6 Å². The summed E-state index contributed by atoms with van der Waals surface area (Å²) in [5.41, 5.74) is 1.87. The summed E-state index contributed by atoms with van der Waals surface area (Å²) in [6, 6.07) is 10.8. The number of anilines is 1. The van der Waals surface area contributed by atoms with E-state index in [2.05, 4.69) is 5.32 Å². The van der Waals surface area contributed by atoms with Gasteiger partial charge >= 0.3 is 0 Å². The first kappa shape index (κ1) is 22.0. The molecule has 1 aliphatic heterocycles. The summed E-state index contributed by atoms with van der Waals surface area (Å²) in [5, 5.41) is 4.04. The van der Waals surface area contributed by atoms with Gasteiger partial charge in [-0.05, 0) is 31.4 Å². The molecule has 7 nitrogen and oxygen atoms in total. The lowest BCUT2D eigenvalue weighted by molar-refractivity contribution is 0.0725. The fraction of sp³-hybridized carbons (Fsp3) is 0.333. The molecule has 0 atom stereocenters. The lowest BCUT2D eigenvalue weighted by atomic mass is 10.1. The lowest BCUT2D eigenvalue weighted by Gasteiger charge is -2.28. The summed E-state index contributed by atoms with van der Waals surface area (Å²) in [6.07, 6.45) is 3.04. The summed E-state index contributed by atoms with van der Waals surface area (Å²) in [5.74, 6) is 0.285. The average Bonchev–Trinajstić information content (AvgIpc) is 3.09. The quantitative estimate of drug-likeness (QED) is 0.603. The number of hydrogen-bond donors (Lipinski definition) is 1. The molecule has 0 saturated carbocycles. The minimum Gasteiger partial charge on any atom is -0.493 e. The number of hydrogen-bond acceptors (Lipinski definition) is 4. The Morgan fingerprint density at radius 1 is 1.00 bits per heavy atom. The van der Waals surface area contributed by atoms with Crippen LogP contribution in [0.25, 0.3) is 10.9 Å². The SMILES string of the molecule is COc1cc(NC(=O)c2c(Cl)c3ccccc3n2C)c(C(=O)N2CCCCC2)cc1OC. The molecular formula is C24H26ClN3O4. The maximum atomic E-state index is 13.3. The van der Waals surface area contributed by atoms with Crippen molar-refractivity contribution in [1.82, 2.24) is 9.47 Å². The number of nitrogens with one attached hydrogen (secondary N) is 1. The maximum absolute atomic E-state index is 13.3. The smallest absolute Gasteiger partial charge is 0.273 e. The standard InChI is InChI=1S/C24H26ClN3O4/c1-27-18-10-6-5-9-15(18)21(25)22(27)23(29)26-17-14-20(32-3)19(31-2)13-16(17)24(30)28-11-7-4-8-12-28/h5-6,9-10,13-14H,4,7-8,11-12H2,1-3H3,(H,26,29). The topological polar surface area (TPSA) is 72.8 Å². The molecule has 0 radical (unpaired) electrons. The number of rotatable bonds is 5. The van der Waals surface area contributed by atoms with Crippen LogP contribution in [0.3, 0.4) is 0 Å². The molecule has 1 saturated heterocycles.